The van der Waals surface area contributed by atoms with Crippen molar-refractivity contribution in [3.05, 3.63) is 40.9 Å². The summed E-state index contributed by atoms with van der Waals surface area (Å²) in [7, 11) is 0. The maximum Gasteiger partial charge on any atom is 0.224 e. The number of fused-ring (bicyclic) bond motifs is 1. The van der Waals surface area contributed by atoms with Crippen molar-refractivity contribution in [2.75, 3.05) is 12.3 Å². The van der Waals surface area contributed by atoms with Gasteiger partial charge in [0.05, 0.1) is 12.7 Å². The third kappa shape index (κ3) is 3.86. The van der Waals surface area contributed by atoms with Crippen LogP contribution in [0, 0.1) is 6.92 Å². The van der Waals surface area contributed by atoms with Crippen molar-refractivity contribution in [1.29, 1.82) is 0 Å². The molecule has 3 rings (SSSR count). The van der Waals surface area contributed by atoms with Gasteiger partial charge in [-0.1, -0.05) is 23.4 Å². The fourth-order valence-electron chi connectivity index (χ4n) is 2.18. The number of halogens is 1. The molecule has 1 aromatic carbocycles. The lowest BCUT2D eigenvalue weighted by Crippen LogP contribution is -2.27. The average Bonchev–Trinajstić information content (AvgIpc) is 3.16. The highest BCUT2D eigenvalue weighted by atomic mass is 35.5. The van der Waals surface area contributed by atoms with Crippen LogP contribution in [0.3, 0.4) is 0 Å². The van der Waals surface area contributed by atoms with Crippen LogP contribution < -0.4 is 5.32 Å². The number of hydrogen-bond acceptors (Lipinski definition) is 5. The van der Waals surface area contributed by atoms with Crippen molar-refractivity contribution >= 4 is 40.2 Å². The van der Waals surface area contributed by atoms with Gasteiger partial charge in [-0.3, -0.25) is 9.89 Å². The first-order chi connectivity index (χ1) is 11.1. The molecule has 2 heterocycles. The average molecular weight is 351 g/mol. The second-order valence-electron chi connectivity index (χ2n) is 5.02. The zero-order valence-corrected chi connectivity index (χ0v) is 14.0. The Morgan fingerprint density at radius 2 is 2.35 bits per heavy atom. The number of aryl methyl sites for hydroxylation is 1. The van der Waals surface area contributed by atoms with E-state index in [2.05, 4.69) is 20.5 Å². The van der Waals surface area contributed by atoms with Gasteiger partial charge in [0.15, 0.2) is 5.16 Å². The van der Waals surface area contributed by atoms with E-state index in [9.17, 15) is 4.79 Å². The lowest BCUT2D eigenvalue weighted by molar-refractivity contribution is -0.120. The van der Waals surface area contributed by atoms with Gasteiger partial charge in [0, 0.05) is 28.3 Å². The molecule has 1 amide bonds. The summed E-state index contributed by atoms with van der Waals surface area (Å²) >= 11 is 7.65. The molecule has 0 spiro atoms. The van der Waals surface area contributed by atoms with Crippen LogP contribution in [0.4, 0.5) is 0 Å². The zero-order chi connectivity index (χ0) is 16.2. The maximum absolute atomic E-state index is 12.0. The molecule has 0 bridgehead atoms. The summed E-state index contributed by atoms with van der Waals surface area (Å²) in [6, 6.07) is 3.73. The molecule has 6 nitrogen and oxygen atoms in total. The number of aromatic nitrogens is 3. The van der Waals surface area contributed by atoms with E-state index in [1.165, 1.54) is 18.1 Å². The maximum atomic E-state index is 12.0. The fourth-order valence-corrected chi connectivity index (χ4v) is 2.98. The zero-order valence-electron chi connectivity index (χ0n) is 12.4. The summed E-state index contributed by atoms with van der Waals surface area (Å²) in [5.41, 5.74) is 2.53. The van der Waals surface area contributed by atoms with E-state index in [-0.39, 0.29) is 12.3 Å². The monoisotopic (exact) mass is 350 g/mol. The number of aromatic amines is 1. The number of thioether (sulfide) groups is 1. The molecule has 120 valence electrons. The highest BCUT2D eigenvalue weighted by molar-refractivity contribution is 7.99. The molecule has 0 aliphatic carbocycles. The molecule has 0 aliphatic rings. The van der Waals surface area contributed by atoms with E-state index in [0.717, 1.165) is 33.0 Å². The van der Waals surface area contributed by atoms with Gasteiger partial charge in [-0.2, -0.15) is 5.10 Å². The molecule has 0 fully saturated rings. The van der Waals surface area contributed by atoms with Crippen molar-refractivity contribution in [2.24, 2.45) is 0 Å². The minimum atomic E-state index is -0.0532. The van der Waals surface area contributed by atoms with Gasteiger partial charge < -0.3 is 9.73 Å². The van der Waals surface area contributed by atoms with E-state index < -0.39 is 0 Å². The van der Waals surface area contributed by atoms with Crippen LogP contribution in [0.25, 0.3) is 11.0 Å². The normalized spacial score (nSPS) is 11.0. The molecule has 0 aliphatic heterocycles. The number of carbonyl (C=O) groups excluding carboxylic acids is 1. The number of furan rings is 1. The van der Waals surface area contributed by atoms with Gasteiger partial charge in [-0.05, 0) is 24.6 Å². The summed E-state index contributed by atoms with van der Waals surface area (Å²) in [6.07, 6.45) is 3.33. The number of nitrogens with zero attached hydrogens (tertiary/aromatic N) is 2. The topological polar surface area (TPSA) is 83.8 Å². The van der Waals surface area contributed by atoms with Crippen LogP contribution in [0.5, 0.6) is 0 Å². The third-order valence-corrected chi connectivity index (χ3v) is 4.63. The Morgan fingerprint density at radius 3 is 3.13 bits per heavy atom. The molecular weight excluding hydrogens is 336 g/mol. The minimum Gasteiger partial charge on any atom is -0.464 e. The Hall–Kier alpha value is -1.99. The summed E-state index contributed by atoms with van der Waals surface area (Å²) in [5.74, 6) is 0.667. The van der Waals surface area contributed by atoms with Gasteiger partial charge in [-0.25, -0.2) is 4.98 Å². The number of rotatable bonds is 6. The van der Waals surface area contributed by atoms with E-state index in [0.29, 0.717) is 11.6 Å². The Morgan fingerprint density at radius 1 is 1.48 bits per heavy atom. The first-order valence-corrected chi connectivity index (χ1v) is 8.41. The largest absolute Gasteiger partial charge is 0.464 e. The van der Waals surface area contributed by atoms with Crippen LogP contribution >= 0.6 is 23.4 Å². The van der Waals surface area contributed by atoms with Crippen molar-refractivity contribution in [1.82, 2.24) is 20.5 Å². The third-order valence-electron chi connectivity index (χ3n) is 3.34. The van der Waals surface area contributed by atoms with Crippen molar-refractivity contribution in [3.63, 3.8) is 0 Å². The molecule has 0 radical (unpaired) electrons. The number of H-pyrrole nitrogens is 1. The number of carbonyl (C=O) groups is 1. The molecule has 8 heteroatoms. The van der Waals surface area contributed by atoms with Crippen LogP contribution in [0.15, 0.2) is 34.3 Å². The Kier molecular flexibility index (Phi) is 4.88. The Bertz CT molecular complexity index is 816. The molecule has 2 aromatic heterocycles. The predicted octanol–water partition coefficient (Wildman–Crippen LogP) is 2.96. The first kappa shape index (κ1) is 15.9. The molecule has 23 heavy (non-hydrogen) atoms. The fraction of sp³-hybridized carbons (Fsp3) is 0.267. The van der Waals surface area contributed by atoms with Crippen LogP contribution in [-0.4, -0.2) is 33.4 Å². The SMILES string of the molecule is Cc1cc2occ(CC(=O)NCCSc3ncn[nH]3)c2cc1Cl. The molecule has 0 unspecified atom stereocenters. The van der Waals surface area contributed by atoms with Crippen LogP contribution in [0.2, 0.25) is 5.02 Å². The Balaban J connectivity index is 1.54. The van der Waals surface area contributed by atoms with Crippen molar-refractivity contribution < 1.29 is 9.21 Å². The van der Waals surface area contributed by atoms with Crippen molar-refractivity contribution in [3.8, 4) is 0 Å². The van der Waals surface area contributed by atoms with Crippen LogP contribution in [0.1, 0.15) is 11.1 Å². The number of amides is 1. The van der Waals surface area contributed by atoms with E-state index in [1.54, 1.807) is 6.26 Å². The summed E-state index contributed by atoms with van der Waals surface area (Å²) < 4.78 is 5.50. The molecule has 0 saturated heterocycles. The predicted molar refractivity (Wildman–Crippen MR) is 89.8 cm³/mol. The lowest BCUT2D eigenvalue weighted by atomic mass is 10.1. The first-order valence-electron chi connectivity index (χ1n) is 7.04. The van der Waals surface area contributed by atoms with Crippen LogP contribution in [-0.2, 0) is 11.2 Å². The second kappa shape index (κ2) is 7.06. The summed E-state index contributed by atoms with van der Waals surface area (Å²) in [4.78, 5) is 16.0. The lowest BCUT2D eigenvalue weighted by Gasteiger charge is -2.04. The standard InChI is InChI=1S/C15H15ClN4O2S/c1-9-4-13-11(6-12(9)16)10(7-22-13)5-14(21)17-2-3-23-15-18-8-19-20-15/h4,6-8H,2-3,5H2,1H3,(H,17,21)(H,18,19,20). The molecular formula is C15H15ClN4O2S. The molecule has 0 atom stereocenters. The van der Waals surface area contributed by atoms with Gasteiger partial charge in [0.25, 0.3) is 0 Å². The number of hydrogen-bond donors (Lipinski definition) is 2. The Labute approximate surface area is 142 Å². The van der Waals surface area contributed by atoms with Crippen molar-refractivity contribution in [2.45, 2.75) is 18.5 Å². The highest BCUT2D eigenvalue weighted by Gasteiger charge is 2.12. The molecule has 3 aromatic rings. The van der Waals surface area contributed by atoms with E-state index >= 15 is 0 Å². The number of benzene rings is 1. The van der Waals surface area contributed by atoms with E-state index in [1.807, 2.05) is 19.1 Å². The van der Waals surface area contributed by atoms with Gasteiger partial charge in [-0.15, -0.1) is 0 Å². The highest BCUT2D eigenvalue weighted by Crippen LogP contribution is 2.27. The minimum absolute atomic E-state index is 0.0532. The summed E-state index contributed by atoms with van der Waals surface area (Å²) in [5, 5.41) is 11.7. The van der Waals surface area contributed by atoms with E-state index in [4.69, 9.17) is 16.0 Å². The van der Waals surface area contributed by atoms with Gasteiger partial charge in [0.1, 0.15) is 11.9 Å². The molecule has 0 saturated carbocycles. The summed E-state index contributed by atoms with van der Waals surface area (Å²) in [6.45, 7) is 2.47. The van der Waals surface area contributed by atoms with Gasteiger partial charge >= 0.3 is 0 Å². The smallest absolute Gasteiger partial charge is 0.224 e. The number of nitrogens with one attached hydrogen (secondary N) is 2. The molecule has 2 N–H and O–H groups in total. The quantitative estimate of drug-likeness (QED) is 0.527. The van der Waals surface area contributed by atoms with Gasteiger partial charge in [0.2, 0.25) is 5.91 Å². The second-order valence-corrected chi connectivity index (χ2v) is 6.52.